The minimum Gasteiger partial charge on any atom is -0.337 e. The van der Waals surface area contributed by atoms with Crippen molar-refractivity contribution in [1.29, 1.82) is 0 Å². The number of piperazine rings is 1. The molecule has 1 aromatic carbocycles. The summed E-state index contributed by atoms with van der Waals surface area (Å²) in [5, 5.41) is 8.45. The normalized spacial score (nSPS) is 15.3. The first-order valence-corrected chi connectivity index (χ1v) is 8.87. The Bertz CT molecular complexity index is 1000. The smallest absolute Gasteiger partial charge is 0.337 e. The number of anilines is 1. The number of halogens is 3. The lowest BCUT2D eigenvalue weighted by Gasteiger charge is -2.35. The summed E-state index contributed by atoms with van der Waals surface area (Å²) in [5.74, 6) is 0.463. The van der Waals surface area contributed by atoms with Crippen LogP contribution in [0.5, 0.6) is 0 Å². The van der Waals surface area contributed by atoms with Crippen LogP contribution in [-0.4, -0.2) is 51.6 Å². The number of amides is 1. The first-order chi connectivity index (χ1) is 13.3. The van der Waals surface area contributed by atoms with Crippen molar-refractivity contribution < 1.29 is 18.0 Å². The molecule has 146 valence electrons. The molecule has 9 heteroatoms. The first-order valence-electron chi connectivity index (χ1n) is 8.87. The lowest BCUT2D eigenvalue weighted by Crippen LogP contribution is -2.49. The van der Waals surface area contributed by atoms with Crippen molar-refractivity contribution >= 4 is 17.5 Å². The van der Waals surface area contributed by atoms with Crippen LogP contribution in [0.4, 0.5) is 19.1 Å². The molecule has 0 aliphatic carbocycles. The van der Waals surface area contributed by atoms with Crippen molar-refractivity contribution in [2.45, 2.75) is 13.1 Å². The van der Waals surface area contributed by atoms with Crippen molar-refractivity contribution in [3.63, 3.8) is 0 Å². The molecule has 1 aliphatic heterocycles. The fourth-order valence-corrected chi connectivity index (χ4v) is 3.38. The number of aryl methyl sites for hydroxylation is 1. The van der Waals surface area contributed by atoms with Crippen molar-refractivity contribution in [1.82, 2.24) is 19.5 Å². The second kappa shape index (κ2) is 6.81. The zero-order valence-corrected chi connectivity index (χ0v) is 15.1. The van der Waals surface area contributed by atoms with E-state index in [1.165, 1.54) is 12.1 Å². The van der Waals surface area contributed by atoms with Crippen LogP contribution in [0, 0.1) is 6.92 Å². The summed E-state index contributed by atoms with van der Waals surface area (Å²) in [6.07, 6.45) is -4.41. The molecule has 1 amide bonds. The Morgan fingerprint density at radius 2 is 1.64 bits per heavy atom. The van der Waals surface area contributed by atoms with E-state index in [9.17, 15) is 18.0 Å². The van der Waals surface area contributed by atoms with E-state index >= 15 is 0 Å². The van der Waals surface area contributed by atoms with Gasteiger partial charge < -0.3 is 9.80 Å². The predicted octanol–water partition coefficient (Wildman–Crippen LogP) is 3.02. The van der Waals surface area contributed by atoms with Gasteiger partial charge in [0.2, 0.25) is 5.95 Å². The topological polar surface area (TPSA) is 53.7 Å². The van der Waals surface area contributed by atoms with Gasteiger partial charge in [0.05, 0.1) is 5.56 Å². The Morgan fingerprint density at radius 3 is 2.29 bits per heavy atom. The molecule has 6 nitrogen and oxygen atoms in total. The highest BCUT2D eigenvalue weighted by atomic mass is 19.4. The van der Waals surface area contributed by atoms with E-state index in [2.05, 4.69) is 15.1 Å². The highest BCUT2D eigenvalue weighted by molar-refractivity contribution is 5.94. The molecule has 0 bridgehead atoms. The van der Waals surface area contributed by atoms with Crippen molar-refractivity contribution in [3.8, 4) is 0 Å². The summed E-state index contributed by atoms with van der Waals surface area (Å²) in [5.41, 5.74) is 1.27. The molecule has 1 saturated heterocycles. The molecule has 0 radical (unpaired) electrons. The maximum absolute atomic E-state index is 12.7. The minimum atomic E-state index is -4.41. The molecule has 0 N–H and O–H groups in total. The molecular weight excluding hydrogens is 371 g/mol. The van der Waals surface area contributed by atoms with Crippen LogP contribution in [0.1, 0.15) is 21.6 Å². The van der Waals surface area contributed by atoms with Gasteiger partial charge in [-0.25, -0.2) is 0 Å². The molecule has 1 aliphatic rings. The van der Waals surface area contributed by atoms with E-state index in [0.29, 0.717) is 26.2 Å². The largest absolute Gasteiger partial charge is 0.416 e. The molecule has 4 rings (SSSR count). The highest BCUT2D eigenvalue weighted by Crippen LogP contribution is 2.29. The van der Waals surface area contributed by atoms with Crippen LogP contribution in [0.25, 0.3) is 5.65 Å². The van der Waals surface area contributed by atoms with Gasteiger partial charge in [-0.05, 0) is 43.3 Å². The quantitative estimate of drug-likeness (QED) is 0.676. The lowest BCUT2D eigenvalue weighted by molar-refractivity contribution is -0.137. The van der Waals surface area contributed by atoms with Crippen LogP contribution < -0.4 is 4.90 Å². The van der Waals surface area contributed by atoms with Crippen molar-refractivity contribution in [2.24, 2.45) is 0 Å². The number of pyridine rings is 1. The number of hydrogen-bond acceptors (Lipinski definition) is 4. The Morgan fingerprint density at radius 1 is 0.964 bits per heavy atom. The Labute approximate surface area is 159 Å². The molecule has 0 unspecified atom stereocenters. The average Bonchev–Trinajstić information content (AvgIpc) is 3.12. The molecule has 0 saturated carbocycles. The summed E-state index contributed by atoms with van der Waals surface area (Å²) in [6, 6.07) is 10.1. The van der Waals surface area contributed by atoms with Gasteiger partial charge in [-0.3, -0.25) is 9.20 Å². The number of nitrogens with zero attached hydrogens (tertiary/aromatic N) is 5. The van der Waals surface area contributed by atoms with Crippen LogP contribution in [-0.2, 0) is 6.18 Å². The van der Waals surface area contributed by atoms with Gasteiger partial charge in [-0.1, -0.05) is 6.07 Å². The maximum Gasteiger partial charge on any atom is 0.416 e. The van der Waals surface area contributed by atoms with Gasteiger partial charge >= 0.3 is 6.18 Å². The van der Waals surface area contributed by atoms with Crippen molar-refractivity contribution in [3.05, 3.63) is 59.3 Å². The SMILES string of the molecule is Cc1cccc2nnc(N3CCN(C(=O)c4ccc(C(F)(F)F)cc4)CC3)n12. The summed E-state index contributed by atoms with van der Waals surface area (Å²) < 4.78 is 40.0. The molecule has 3 heterocycles. The van der Waals surface area contributed by atoms with Crippen LogP contribution >= 0.6 is 0 Å². The van der Waals surface area contributed by atoms with E-state index in [0.717, 1.165) is 29.4 Å². The minimum absolute atomic E-state index is 0.255. The zero-order chi connectivity index (χ0) is 19.9. The number of carbonyl (C=O) groups is 1. The number of fused-ring (bicyclic) bond motifs is 1. The summed E-state index contributed by atoms with van der Waals surface area (Å²) in [4.78, 5) is 16.3. The first kappa shape index (κ1) is 18.3. The van der Waals surface area contributed by atoms with Gasteiger partial charge in [0.15, 0.2) is 5.65 Å². The van der Waals surface area contributed by atoms with E-state index in [-0.39, 0.29) is 11.5 Å². The van der Waals surface area contributed by atoms with Crippen LogP contribution in [0.15, 0.2) is 42.5 Å². The number of rotatable bonds is 2. The zero-order valence-electron chi connectivity index (χ0n) is 15.1. The maximum atomic E-state index is 12.7. The Hall–Kier alpha value is -3.10. The fourth-order valence-electron chi connectivity index (χ4n) is 3.38. The summed E-state index contributed by atoms with van der Waals surface area (Å²) in [7, 11) is 0. The monoisotopic (exact) mass is 389 g/mol. The number of carbonyl (C=O) groups excluding carboxylic acids is 1. The van der Waals surface area contributed by atoms with E-state index < -0.39 is 11.7 Å². The number of benzene rings is 1. The van der Waals surface area contributed by atoms with Crippen LogP contribution in [0.3, 0.4) is 0 Å². The van der Waals surface area contributed by atoms with E-state index in [1.807, 2.05) is 29.5 Å². The lowest BCUT2D eigenvalue weighted by atomic mass is 10.1. The summed E-state index contributed by atoms with van der Waals surface area (Å²) >= 11 is 0. The molecular formula is C19H18F3N5O. The number of alkyl halides is 3. The van der Waals surface area contributed by atoms with E-state index in [1.54, 1.807) is 4.90 Å². The standard InChI is InChI=1S/C19H18F3N5O/c1-13-3-2-4-16-23-24-18(27(13)16)26-11-9-25(10-12-26)17(28)14-5-7-15(8-6-14)19(20,21)22/h2-8H,9-12H2,1H3. The molecule has 0 spiro atoms. The fraction of sp³-hybridized carbons (Fsp3) is 0.316. The molecule has 0 atom stereocenters. The number of hydrogen-bond donors (Lipinski definition) is 0. The van der Waals surface area contributed by atoms with Gasteiger partial charge in [0.1, 0.15) is 0 Å². The Kier molecular flexibility index (Phi) is 4.44. The van der Waals surface area contributed by atoms with Crippen molar-refractivity contribution in [2.75, 3.05) is 31.1 Å². The third-order valence-electron chi connectivity index (χ3n) is 4.92. The highest BCUT2D eigenvalue weighted by Gasteiger charge is 2.31. The van der Waals surface area contributed by atoms with Gasteiger partial charge in [0, 0.05) is 37.4 Å². The molecule has 2 aromatic heterocycles. The third kappa shape index (κ3) is 3.28. The second-order valence-electron chi connectivity index (χ2n) is 6.72. The van der Waals surface area contributed by atoms with Gasteiger partial charge in [-0.2, -0.15) is 13.2 Å². The van der Waals surface area contributed by atoms with Crippen LogP contribution in [0.2, 0.25) is 0 Å². The number of aromatic nitrogens is 3. The summed E-state index contributed by atoms with van der Waals surface area (Å²) in [6.45, 7) is 4.04. The second-order valence-corrected chi connectivity index (χ2v) is 6.72. The Balaban J connectivity index is 1.46. The predicted molar refractivity (Wildman–Crippen MR) is 97.3 cm³/mol. The van der Waals surface area contributed by atoms with Gasteiger partial charge in [0.25, 0.3) is 5.91 Å². The van der Waals surface area contributed by atoms with Gasteiger partial charge in [-0.15, -0.1) is 10.2 Å². The third-order valence-corrected chi connectivity index (χ3v) is 4.92. The average molecular weight is 389 g/mol. The molecule has 28 heavy (non-hydrogen) atoms. The van der Waals surface area contributed by atoms with E-state index in [4.69, 9.17) is 0 Å². The molecule has 1 fully saturated rings. The molecule has 3 aromatic rings.